The summed E-state index contributed by atoms with van der Waals surface area (Å²) in [7, 11) is 0. The van der Waals surface area contributed by atoms with E-state index >= 15 is 0 Å². The van der Waals surface area contributed by atoms with Gasteiger partial charge in [-0.25, -0.2) is 18.7 Å². The average molecular weight is 410 g/mol. The fourth-order valence-corrected chi connectivity index (χ4v) is 3.04. The van der Waals surface area contributed by atoms with Crippen molar-refractivity contribution < 1.29 is 13.6 Å². The van der Waals surface area contributed by atoms with Gasteiger partial charge in [0.25, 0.3) is 5.91 Å². The number of pyridine rings is 1. The smallest absolute Gasteiger partial charge is 0.258 e. The molecule has 5 nitrogen and oxygen atoms in total. The molecule has 3 rings (SSSR count). The van der Waals surface area contributed by atoms with Crippen LogP contribution in [0.5, 0.6) is 0 Å². The Hall–Kier alpha value is -3.22. The summed E-state index contributed by atoms with van der Waals surface area (Å²) in [4.78, 5) is 25.8. The zero-order chi connectivity index (χ0) is 21.8. The third-order valence-corrected chi connectivity index (χ3v) is 4.97. The number of aromatic nitrogens is 3. The molecule has 0 aliphatic carbocycles. The fraction of sp³-hybridized carbons (Fsp3) is 0.304. The van der Waals surface area contributed by atoms with Crippen molar-refractivity contribution in [2.45, 2.75) is 46.0 Å². The van der Waals surface area contributed by atoms with Crippen LogP contribution in [0, 0.1) is 11.6 Å². The minimum atomic E-state index is -0.585. The maximum Gasteiger partial charge on any atom is 0.258 e. The molecule has 1 N–H and O–H groups in total. The molecule has 7 heteroatoms. The van der Waals surface area contributed by atoms with Gasteiger partial charge in [0.2, 0.25) is 0 Å². The zero-order valence-electron chi connectivity index (χ0n) is 17.4. The van der Waals surface area contributed by atoms with Crippen molar-refractivity contribution in [3.05, 3.63) is 71.6 Å². The Morgan fingerprint density at radius 1 is 1.03 bits per heavy atom. The van der Waals surface area contributed by atoms with E-state index in [1.165, 1.54) is 18.6 Å². The first-order chi connectivity index (χ1) is 14.3. The minimum absolute atomic E-state index is 0.00330. The van der Waals surface area contributed by atoms with Gasteiger partial charge in [-0.1, -0.05) is 27.7 Å². The van der Waals surface area contributed by atoms with Crippen molar-refractivity contribution in [1.82, 2.24) is 15.0 Å². The standard InChI is InChI=1S/C23H24F2N4O/c1-5-14(4)20-21(29-23(30)15-11-27-22(13(2)3)28-12-15)17(8-9-26-20)18-10-16(24)6-7-19(18)25/h6-14H,5H2,1-4H3,(H,29,30). The van der Waals surface area contributed by atoms with Gasteiger partial charge in [-0.05, 0) is 30.7 Å². The van der Waals surface area contributed by atoms with Crippen LogP contribution in [0.15, 0.2) is 42.9 Å². The van der Waals surface area contributed by atoms with Crippen LogP contribution in [0.2, 0.25) is 0 Å². The lowest BCUT2D eigenvalue weighted by molar-refractivity contribution is 0.102. The van der Waals surface area contributed by atoms with E-state index < -0.39 is 17.5 Å². The van der Waals surface area contributed by atoms with Gasteiger partial charge in [0, 0.05) is 41.6 Å². The van der Waals surface area contributed by atoms with Gasteiger partial charge in [0.1, 0.15) is 17.5 Å². The first-order valence-electron chi connectivity index (χ1n) is 9.89. The number of hydrogen-bond donors (Lipinski definition) is 1. The molecule has 0 saturated heterocycles. The molecule has 2 aromatic heterocycles. The molecule has 0 spiro atoms. The maximum atomic E-state index is 14.5. The highest BCUT2D eigenvalue weighted by Gasteiger charge is 2.21. The van der Waals surface area contributed by atoms with Crippen molar-refractivity contribution in [1.29, 1.82) is 0 Å². The van der Waals surface area contributed by atoms with Crippen molar-refractivity contribution in [3.8, 4) is 11.1 Å². The van der Waals surface area contributed by atoms with Gasteiger partial charge in [0.05, 0.1) is 16.9 Å². The van der Waals surface area contributed by atoms with E-state index in [0.29, 0.717) is 22.8 Å². The van der Waals surface area contributed by atoms with Crippen LogP contribution in [0.4, 0.5) is 14.5 Å². The van der Waals surface area contributed by atoms with Crippen molar-refractivity contribution >= 4 is 11.6 Å². The predicted octanol–water partition coefficient (Wildman–Crippen LogP) is 5.71. The van der Waals surface area contributed by atoms with E-state index in [1.807, 2.05) is 27.7 Å². The Bertz CT molecular complexity index is 1050. The van der Waals surface area contributed by atoms with Gasteiger partial charge >= 0.3 is 0 Å². The second-order valence-corrected chi connectivity index (χ2v) is 7.49. The molecule has 156 valence electrons. The van der Waals surface area contributed by atoms with Gasteiger partial charge in [0.15, 0.2) is 0 Å². The van der Waals surface area contributed by atoms with Gasteiger partial charge in [-0.2, -0.15) is 0 Å². The molecule has 2 heterocycles. The van der Waals surface area contributed by atoms with E-state index in [4.69, 9.17) is 0 Å². The number of halogens is 2. The molecular weight excluding hydrogens is 386 g/mol. The Kier molecular flexibility index (Phi) is 6.50. The van der Waals surface area contributed by atoms with Crippen molar-refractivity contribution in [2.24, 2.45) is 0 Å². The first kappa shape index (κ1) is 21.5. The number of amides is 1. The van der Waals surface area contributed by atoms with Crippen LogP contribution in [-0.4, -0.2) is 20.9 Å². The molecular formula is C23H24F2N4O. The van der Waals surface area contributed by atoms with Crippen LogP contribution < -0.4 is 5.32 Å². The summed E-state index contributed by atoms with van der Waals surface area (Å²) < 4.78 is 28.3. The summed E-state index contributed by atoms with van der Waals surface area (Å²) in [6.45, 7) is 7.88. The molecule has 1 unspecified atom stereocenters. The van der Waals surface area contributed by atoms with Crippen molar-refractivity contribution in [2.75, 3.05) is 5.32 Å². The monoisotopic (exact) mass is 410 g/mol. The number of nitrogens with zero attached hydrogens (tertiary/aromatic N) is 3. The molecule has 0 bridgehead atoms. The quantitative estimate of drug-likeness (QED) is 0.565. The van der Waals surface area contributed by atoms with Gasteiger partial charge in [-0.15, -0.1) is 0 Å². The summed E-state index contributed by atoms with van der Waals surface area (Å²) in [6, 6.07) is 4.80. The number of rotatable bonds is 6. The van der Waals surface area contributed by atoms with Crippen LogP contribution in [-0.2, 0) is 0 Å². The van der Waals surface area contributed by atoms with E-state index in [-0.39, 0.29) is 23.0 Å². The van der Waals surface area contributed by atoms with Crippen molar-refractivity contribution in [3.63, 3.8) is 0 Å². The van der Waals surface area contributed by atoms with Gasteiger partial charge in [-0.3, -0.25) is 9.78 Å². The molecule has 0 aliphatic heterocycles. The SMILES string of the molecule is CCC(C)c1nccc(-c2cc(F)ccc2F)c1NC(=O)c1cnc(C(C)C)nc1. The maximum absolute atomic E-state index is 14.5. The second kappa shape index (κ2) is 9.07. The minimum Gasteiger partial charge on any atom is -0.320 e. The normalized spacial score (nSPS) is 12.1. The molecule has 0 saturated carbocycles. The summed E-state index contributed by atoms with van der Waals surface area (Å²) in [6.07, 6.45) is 5.22. The summed E-state index contributed by atoms with van der Waals surface area (Å²) >= 11 is 0. The van der Waals surface area contributed by atoms with E-state index in [9.17, 15) is 13.6 Å². The number of carbonyl (C=O) groups excluding carboxylic acids is 1. The molecule has 30 heavy (non-hydrogen) atoms. The Labute approximate surface area is 174 Å². The predicted molar refractivity (Wildman–Crippen MR) is 112 cm³/mol. The van der Waals surface area contributed by atoms with Crippen LogP contribution in [0.25, 0.3) is 11.1 Å². The topological polar surface area (TPSA) is 67.8 Å². The summed E-state index contributed by atoms with van der Waals surface area (Å²) in [5.74, 6) is -0.825. The van der Waals surface area contributed by atoms with E-state index in [0.717, 1.165) is 24.6 Å². The lowest BCUT2D eigenvalue weighted by atomic mass is 9.96. The third-order valence-electron chi connectivity index (χ3n) is 4.97. The number of anilines is 1. The van der Waals surface area contributed by atoms with Crippen LogP contribution in [0.3, 0.4) is 0 Å². The van der Waals surface area contributed by atoms with Crippen LogP contribution in [0.1, 0.15) is 67.8 Å². The number of hydrogen-bond acceptors (Lipinski definition) is 4. The summed E-state index contributed by atoms with van der Waals surface area (Å²) in [5.41, 5.74) is 1.65. The number of nitrogens with one attached hydrogen (secondary N) is 1. The highest BCUT2D eigenvalue weighted by atomic mass is 19.1. The molecule has 0 fully saturated rings. The van der Waals surface area contributed by atoms with E-state index in [2.05, 4.69) is 20.3 Å². The highest BCUT2D eigenvalue weighted by Crippen LogP contribution is 2.36. The largest absolute Gasteiger partial charge is 0.320 e. The van der Waals surface area contributed by atoms with Crippen LogP contribution >= 0.6 is 0 Å². The average Bonchev–Trinajstić information content (AvgIpc) is 2.75. The molecule has 1 aromatic carbocycles. The molecule has 3 aromatic rings. The lowest BCUT2D eigenvalue weighted by Gasteiger charge is -2.19. The first-order valence-corrected chi connectivity index (χ1v) is 9.89. The highest BCUT2D eigenvalue weighted by molar-refractivity contribution is 6.06. The van der Waals surface area contributed by atoms with E-state index in [1.54, 1.807) is 6.07 Å². The molecule has 1 atom stereocenters. The lowest BCUT2D eigenvalue weighted by Crippen LogP contribution is -2.17. The molecule has 0 radical (unpaired) electrons. The molecule has 0 aliphatic rings. The fourth-order valence-electron chi connectivity index (χ4n) is 3.04. The van der Waals surface area contributed by atoms with Gasteiger partial charge < -0.3 is 5.32 Å². The summed E-state index contributed by atoms with van der Waals surface area (Å²) in [5, 5.41) is 2.83. The zero-order valence-corrected chi connectivity index (χ0v) is 17.4. The Morgan fingerprint density at radius 2 is 1.73 bits per heavy atom. The molecule has 1 amide bonds. The third kappa shape index (κ3) is 4.50. The second-order valence-electron chi connectivity index (χ2n) is 7.49. The number of benzene rings is 1. The Morgan fingerprint density at radius 3 is 2.37 bits per heavy atom. The Balaban J connectivity index is 2.07. The number of carbonyl (C=O) groups is 1.